The molecule has 2 heteroatoms. The largest absolute Gasteiger partial charge is 0.306 e. The average Bonchev–Trinajstić information content (AvgIpc) is 1.93. The zero-order chi connectivity index (χ0) is 8.10. The Balaban J connectivity index is 1.95. The minimum absolute atomic E-state index is 1.02. The molecule has 0 amide bonds. The van der Waals surface area contributed by atoms with Gasteiger partial charge in [0, 0.05) is 11.9 Å². The molecule has 0 aromatic heterocycles. The van der Waals surface area contributed by atoms with Crippen LogP contribution in [0.15, 0.2) is 0 Å². The fraction of sp³-hybridized carbons (Fsp3) is 1.00. The van der Waals surface area contributed by atoms with Crippen LogP contribution in [-0.2, 0) is 0 Å². The first-order valence-electron chi connectivity index (χ1n) is 4.57. The highest BCUT2D eigenvalue weighted by atomic mass is 79.9. The molecule has 1 fully saturated rings. The van der Waals surface area contributed by atoms with Gasteiger partial charge < -0.3 is 4.90 Å². The molecule has 0 N–H and O–H groups in total. The Kier molecular flexibility index (Phi) is 4.46. The SMILES string of the molecule is CN(CCCBr)CC1CCC1. The maximum Gasteiger partial charge on any atom is 0.00434 e. The van der Waals surface area contributed by atoms with E-state index in [0.29, 0.717) is 0 Å². The van der Waals surface area contributed by atoms with Crippen molar-refractivity contribution in [1.29, 1.82) is 0 Å². The number of halogens is 1. The van der Waals surface area contributed by atoms with Crippen molar-refractivity contribution in [1.82, 2.24) is 4.90 Å². The summed E-state index contributed by atoms with van der Waals surface area (Å²) < 4.78 is 0. The van der Waals surface area contributed by atoms with E-state index >= 15 is 0 Å². The van der Waals surface area contributed by atoms with Crippen LogP contribution >= 0.6 is 15.9 Å². The molecule has 1 aliphatic rings. The van der Waals surface area contributed by atoms with Crippen LogP contribution in [0.4, 0.5) is 0 Å². The molecule has 1 nitrogen and oxygen atoms in total. The van der Waals surface area contributed by atoms with Gasteiger partial charge in [-0.05, 0) is 38.8 Å². The van der Waals surface area contributed by atoms with Gasteiger partial charge in [-0.15, -0.1) is 0 Å². The minimum Gasteiger partial charge on any atom is -0.306 e. The predicted octanol–water partition coefficient (Wildman–Crippen LogP) is 2.50. The van der Waals surface area contributed by atoms with E-state index in [2.05, 4.69) is 27.9 Å². The lowest BCUT2D eigenvalue weighted by atomic mass is 9.85. The smallest absolute Gasteiger partial charge is 0.00434 e. The van der Waals surface area contributed by atoms with Gasteiger partial charge in [-0.2, -0.15) is 0 Å². The van der Waals surface area contributed by atoms with Crippen molar-refractivity contribution < 1.29 is 0 Å². The topological polar surface area (TPSA) is 3.24 Å². The molecule has 0 bridgehead atoms. The molecule has 1 rings (SSSR count). The van der Waals surface area contributed by atoms with Gasteiger partial charge in [-0.1, -0.05) is 22.4 Å². The molecule has 0 aromatic carbocycles. The first kappa shape index (κ1) is 9.53. The summed E-state index contributed by atoms with van der Waals surface area (Å²) in [4.78, 5) is 2.46. The Labute approximate surface area is 78.3 Å². The first-order chi connectivity index (χ1) is 5.33. The third-order valence-corrected chi connectivity index (χ3v) is 3.03. The van der Waals surface area contributed by atoms with E-state index in [9.17, 15) is 0 Å². The standard InChI is InChI=1S/C9H18BrN/c1-11(7-3-6-10)8-9-4-2-5-9/h9H,2-8H2,1H3. The van der Waals surface area contributed by atoms with Crippen LogP contribution in [0.1, 0.15) is 25.7 Å². The third kappa shape index (κ3) is 3.57. The number of hydrogen-bond acceptors (Lipinski definition) is 1. The normalized spacial score (nSPS) is 18.8. The highest BCUT2D eigenvalue weighted by Gasteiger charge is 2.18. The number of rotatable bonds is 5. The van der Waals surface area contributed by atoms with Gasteiger partial charge in [0.2, 0.25) is 0 Å². The van der Waals surface area contributed by atoms with E-state index in [1.54, 1.807) is 0 Å². The fourth-order valence-electron chi connectivity index (χ4n) is 1.54. The zero-order valence-corrected chi connectivity index (χ0v) is 8.94. The second kappa shape index (κ2) is 5.15. The van der Waals surface area contributed by atoms with Crippen LogP contribution in [0, 0.1) is 5.92 Å². The lowest BCUT2D eigenvalue weighted by Crippen LogP contribution is -2.30. The summed E-state index contributed by atoms with van der Waals surface area (Å²) in [6.07, 6.45) is 5.69. The van der Waals surface area contributed by atoms with Crippen LogP contribution in [-0.4, -0.2) is 30.4 Å². The van der Waals surface area contributed by atoms with Crippen molar-refractivity contribution in [2.75, 3.05) is 25.5 Å². The zero-order valence-electron chi connectivity index (χ0n) is 7.35. The lowest BCUT2D eigenvalue weighted by Gasteiger charge is -2.29. The molecule has 1 saturated carbocycles. The molecule has 0 aromatic rings. The highest BCUT2D eigenvalue weighted by Crippen LogP contribution is 2.26. The average molecular weight is 220 g/mol. The maximum absolute atomic E-state index is 3.45. The minimum atomic E-state index is 1.02. The molecular formula is C9H18BrN. The van der Waals surface area contributed by atoms with E-state index in [1.165, 1.54) is 38.8 Å². The van der Waals surface area contributed by atoms with Crippen LogP contribution < -0.4 is 0 Å². The molecule has 0 atom stereocenters. The van der Waals surface area contributed by atoms with E-state index in [-0.39, 0.29) is 0 Å². The molecule has 0 heterocycles. The van der Waals surface area contributed by atoms with Crippen molar-refractivity contribution in [3.63, 3.8) is 0 Å². The molecule has 0 spiro atoms. The number of nitrogens with zero attached hydrogens (tertiary/aromatic N) is 1. The lowest BCUT2D eigenvalue weighted by molar-refractivity contribution is 0.206. The van der Waals surface area contributed by atoms with Crippen LogP contribution in [0.3, 0.4) is 0 Å². The summed E-state index contributed by atoms with van der Waals surface area (Å²) in [7, 11) is 2.24. The van der Waals surface area contributed by atoms with Gasteiger partial charge in [-0.25, -0.2) is 0 Å². The Morgan fingerprint density at radius 2 is 2.18 bits per heavy atom. The maximum atomic E-state index is 3.45. The Bertz CT molecular complexity index is 102. The number of hydrogen-bond donors (Lipinski definition) is 0. The van der Waals surface area contributed by atoms with Crippen molar-refractivity contribution in [3.05, 3.63) is 0 Å². The van der Waals surface area contributed by atoms with Gasteiger partial charge in [0.05, 0.1) is 0 Å². The van der Waals surface area contributed by atoms with Crippen LogP contribution in [0.25, 0.3) is 0 Å². The molecule has 1 aliphatic carbocycles. The van der Waals surface area contributed by atoms with E-state index in [4.69, 9.17) is 0 Å². The molecule has 66 valence electrons. The van der Waals surface area contributed by atoms with Crippen molar-refractivity contribution in [2.45, 2.75) is 25.7 Å². The Morgan fingerprint density at radius 3 is 2.64 bits per heavy atom. The van der Waals surface area contributed by atoms with Gasteiger partial charge in [0.15, 0.2) is 0 Å². The molecule has 0 unspecified atom stereocenters. The molecular weight excluding hydrogens is 202 g/mol. The Hall–Kier alpha value is 0.440. The summed E-state index contributed by atoms with van der Waals surface area (Å²) in [6.45, 7) is 2.58. The third-order valence-electron chi connectivity index (χ3n) is 2.47. The van der Waals surface area contributed by atoms with Crippen molar-refractivity contribution >= 4 is 15.9 Å². The summed E-state index contributed by atoms with van der Waals surface area (Å²) in [5.41, 5.74) is 0. The second-order valence-corrected chi connectivity index (χ2v) is 4.39. The summed E-state index contributed by atoms with van der Waals surface area (Å²) in [6, 6.07) is 0. The summed E-state index contributed by atoms with van der Waals surface area (Å²) in [5.74, 6) is 1.02. The molecule has 11 heavy (non-hydrogen) atoms. The van der Waals surface area contributed by atoms with E-state index in [1.807, 2.05) is 0 Å². The van der Waals surface area contributed by atoms with Gasteiger partial charge in [0.25, 0.3) is 0 Å². The van der Waals surface area contributed by atoms with E-state index < -0.39 is 0 Å². The Morgan fingerprint density at radius 1 is 1.45 bits per heavy atom. The van der Waals surface area contributed by atoms with Crippen molar-refractivity contribution in [3.8, 4) is 0 Å². The first-order valence-corrected chi connectivity index (χ1v) is 5.69. The monoisotopic (exact) mass is 219 g/mol. The molecule has 0 radical (unpaired) electrons. The van der Waals surface area contributed by atoms with Gasteiger partial charge >= 0.3 is 0 Å². The second-order valence-electron chi connectivity index (χ2n) is 3.60. The highest BCUT2D eigenvalue weighted by molar-refractivity contribution is 9.09. The number of alkyl halides is 1. The van der Waals surface area contributed by atoms with Gasteiger partial charge in [0.1, 0.15) is 0 Å². The molecule has 0 saturated heterocycles. The summed E-state index contributed by atoms with van der Waals surface area (Å²) in [5, 5.41) is 1.14. The van der Waals surface area contributed by atoms with Crippen molar-refractivity contribution in [2.24, 2.45) is 5.92 Å². The van der Waals surface area contributed by atoms with Crippen LogP contribution in [0.2, 0.25) is 0 Å². The molecule has 0 aliphatic heterocycles. The summed E-state index contributed by atoms with van der Waals surface area (Å²) >= 11 is 3.45. The van der Waals surface area contributed by atoms with Crippen LogP contribution in [0.5, 0.6) is 0 Å². The fourth-order valence-corrected chi connectivity index (χ4v) is 1.79. The van der Waals surface area contributed by atoms with Gasteiger partial charge in [-0.3, -0.25) is 0 Å². The van der Waals surface area contributed by atoms with E-state index in [0.717, 1.165) is 11.2 Å². The predicted molar refractivity (Wildman–Crippen MR) is 53.2 cm³/mol. The quantitative estimate of drug-likeness (QED) is 0.643.